The van der Waals surface area contributed by atoms with E-state index < -0.39 is 0 Å². The molecule has 2 atom stereocenters. The first kappa shape index (κ1) is 16.5. The van der Waals surface area contributed by atoms with Gasteiger partial charge >= 0.3 is 0 Å². The van der Waals surface area contributed by atoms with Crippen LogP contribution in [0.5, 0.6) is 0 Å². The van der Waals surface area contributed by atoms with Crippen LogP contribution in [-0.2, 0) is 11.8 Å². The first-order valence-electron chi connectivity index (χ1n) is 8.41. The summed E-state index contributed by atoms with van der Waals surface area (Å²) < 4.78 is 1.71. The predicted molar refractivity (Wildman–Crippen MR) is 94.8 cm³/mol. The molecule has 2 heterocycles. The minimum Gasteiger partial charge on any atom is -0.371 e. The average Bonchev–Trinajstić information content (AvgIpc) is 3.24. The molecule has 1 aromatic heterocycles. The van der Waals surface area contributed by atoms with Crippen LogP contribution in [0, 0.1) is 5.92 Å². The summed E-state index contributed by atoms with van der Waals surface area (Å²) in [7, 11) is 3.65. The number of aromatic nitrogens is 2. The fraction of sp³-hybridized carbons (Fsp3) is 0.444. The second kappa shape index (κ2) is 7.49. The quantitative estimate of drug-likeness (QED) is 0.840. The van der Waals surface area contributed by atoms with E-state index >= 15 is 0 Å². The summed E-state index contributed by atoms with van der Waals surface area (Å²) in [5.41, 5.74) is 2.14. The van der Waals surface area contributed by atoms with Gasteiger partial charge in [0, 0.05) is 44.1 Å². The Bertz CT molecular complexity index is 669. The van der Waals surface area contributed by atoms with E-state index in [1.54, 1.807) is 17.9 Å². The Morgan fingerprint density at radius 2 is 2.17 bits per heavy atom. The lowest BCUT2D eigenvalue weighted by atomic mass is 10.1. The fourth-order valence-electron chi connectivity index (χ4n) is 3.26. The van der Waals surface area contributed by atoms with Crippen molar-refractivity contribution in [3.63, 3.8) is 0 Å². The Balaban J connectivity index is 1.51. The van der Waals surface area contributed by atoms with Gasteiger partial charge in [0.25, 0.3) is 0 Å². The third-order valence-corrected chi connectivity index (χ3v) is 4.58. The maximum absolute atomic E-state index is 12.5. The van der Waals surface area contributed by atoms with E-state index in [0.717, 1.165) is 25.1 Å². The van der Waals surface area contributed by atoms with Gasteiger partial charge in [-0.2, -0.15) is 5.10 Å². The van der Waals surface area contributed by atoms with Crippen molar-refractivity contribution in [1.29, 1.82) is 0 Å². The minimum atomic E-state index is -0.356. The summed E-state index contributed by atoms with van der Waals surface area (Å²) in [4.78, 5) is 14.9. The molecule has 1 aliphatic rings. The number of amides is 1. The molecule has 1 saturated heterocycles. The zero-order valence-electron chi connectivity index (χ0n) is 14.3. The number of para-hydroxylation sites is 1. The van der Waals surface area contributed by atoms with Gasteiger partial charge in [0.15, 0.2) is 0 Å². The Hall–Kier alpha value is -2.34. The molecule has 6 nitrogen and oxygen atoms in total. The first-order chi connectivity index (χ1) is 11.7. The van der Waals surface area contributed by atoms with Crippen molar-refractivity contribution >= 4 is 11.6 Å². The summed E-state index contributed by atoms with van der Waals surface area (Å²) in [5, 5.41) is 10.3. The van der Waals surface area contributed by atoms with Crippen LogP contribution in [0.1, 0.15) is 18.0 Å². The van der Waals surface area contributed by atoms with E-state index in [9.17, 15) is 4.79 Å². The SMILES string of the molecule is CNC(C(=O)NCC1CCN(c2ccccc2)C1)c1cnn(C)c1. The molecule has 0 radical (unpaired) electrons. The van der Waals surface area contributed by atoms with Crippen molar-refractivity contribution in [1.82, 2.24) is 20.4 Å². The van der Waals surface area contributed by atoms with Crippen molar-refractivity contribution in [3.05, 3.63) is 48.3 Å². The van der Waals surface area contributed by atoms with Crippen LogP contribution in [0.2, 0.25) is 0 Å². The third kappa shape index (κ3) is 3.76. The largest absolute Gasteiger partial charge is 0.371 e. The highest BCUT2D eigenvalue weighted by Crippen LogP contribution is 2.23. The first-order valence-corrected chi connectivity index (χ1v) is 8.41. The molecule has 0 spiro atoms. The molecule has 0 bridgehead atoms. The van der Waals surface area contributed by atoms with Gasteiger partial charge in [-0.25, -0.2) is 0 Å². The second-order valence-corrected chi connectivity index (χ2v) is 6.35. The maximum atomic E-state index is 12.5. The summed E-state index contributed by atoms with van der Waals surface area (Å²) in [6, 6.07) is 10.1. The molecule has 1 amide bonds. The van der Waals surface area contributed by atoms with Gasteiger partial charge in [-0.3, -0.25) is 9.48 Å². The molecule has 2 unspecified atom stereocenters. The van der Waals surface area contributed by atoms with Gasteiger partial charge in [-0.05, 0) is 31.5 Å². The molecule has 3 rings (SSSR count). The topological polar surface area (TPSA) is 62.2 Å². The van der Waals surface area contributed by atoms with Crippen molar-refractivity contribution in [2.45, 2.75) is 12.5 Å². The molecule has 24 heavy (non-hydrogen) atoms. The van der Waals surface area contributed by atoms with E-state index in [2.05, 4.69) is 44.9 Å². The Kier molecular flexibility index (Phi) is 5.15. The van der Waals surface area contributed by atoms with Crippen molar-refractivity contribution in [3.8, 4) is 0 Å². The highest BCUT2D eigenvalue weighted by molar-refractivity contribution is 5.83. The molecule has 1 fully saturated rings. The number of carbonyl (C=O) groups excluding carboxylic acids is 1. The molecule has 1 aliphatic heterocycles. The lowest BCUT2D eigenvalue weighted by Gasteiger charge is -2.19. The average molecular weight is 327 g/mol. The summed E-state index contributed by atoms with van der Waals surface area (Å²) in [5.74, 6) is 0.490. The summed E-state index contributed by atoms with van der Waals surface area (Å²) in [6.07, 6.45) is 4.70. The summed E-state index contributed by atoms with van der Waals surface area (Å²) in [6.45, 7) is 2.74. The number of rotatable bonds is 6. The number of nitrogens with one attached hydrogen (secondary N) is 2. The monoisotopic (exact) mass is 327 g/mol. The van der Waals surface area contributed by atoms with E-state index in [1.165, 1.54) is 5.69 Å². The van der Waals surface area contributed by atoms with Gasteiger partial charge in [-0.15, -0.1) is 0 Å². The number of benzene rings is 1. The molecule has 2 N–H and O–H groups in total. The Morgan fingerprint density at radius 1 is 1.38 bits per heavy atom. The third-order valence-electron chi connectivity index (χ3n) is 4.58. The molecular formula is C18H25N5O. The number of nitrogens with zero attached hydrogens (tertiary/aromatic N) is 3. The lowest BCUT2D eigenvalue weighted by molar-refractivity contribution is -0.123. The van der Waals surface area contributed by atoms with Gasteiger partial charge in [-0.1, -0.05) is 18.2 Å². The number of hydrogen-bond acceptors (Lipinski definition) is 4. The summed E-state index contributed by atoms with van der Waals surface area (Å²) >= 11 is 0. The van der Waals surface area contributed by atoms with E-state index in [0.29, 0.717) is 12.5 Å². The number of anilines is 1. The Labute approximate surface area is 142 Å². The number of carbonyl (C=O) groups is 1. The van der Waals surface area contributed by atoms with Gasteiger partial charge in [0.1, 0.15) is 6.04 Å². The van der Waals surface area contributed by atoms with Crippen LogP contribution in [-0.4, -0.2) is 42.4 Å². The van der Waals surface area contributed by atoms with Crippen LogP contribution in [0.3, 0.4) is 0 Å². The standard InChI is InChI=1S/C18H25N5O/c1-19-17(15-11-21-22(2)13-15)18(24)20-10-14-8-9-23(12-14)16-6-4-3-5-7-16/h3-7,11,13-14,17,19H,8-10,12H2,1-2H3,(H,20,24). The molecule has 0 aliphatic carbocycles. The van der Waals surface area contributed by atoms with Crippen LogP contribution in [0.4, 0.5) is 5.69 Å². The minimum absolute atomic E-state index is 0.00339. The van der Waals surface area contributed by atoms with Crippen molar-refractivity contribution < 1.29 is 4.79 Å². The number of likely N-dealkylation sites (N-methyl/N-ethyl adjacent to an activating group) is 1. The highest BCUT2D eigenvalue weighted by atomic mass is 16.2. The van der Waals surface area contributed by atoms with E-state index in [1.807, 2.05) is 19.3 Å². The maximum Gasteiger partial charge on any atom is 0.241 e. The zero-order valence-corrected chi connectivity index (χ0v) is 14.3. The van der Waals surface area contributed by atoms with Gasteiger partial charge in [0.2, 0.25) is 5.91 Å². The van der Waals surface area contributed by atoms with Crippen molar-refractivity contribution in [2.75, 3.05) is 31.6 Å². The second-order valence-electron chi connectivity index (χ2n) is 6.35. The Morgan fingerprint density at radius 3 is 2.83 bits per heavy atom. The van der Waals surface area contributed by atoms with Crippen LogP contribution < -0.4 is 15.5 Å². The smallest absolute Gasteiger partial charge is 0.241 e. The van der Waals surface area contributed by atoms with Gasteiger partial charge < -0.3 is 15.5 Å². The van der Waals surface area contributed by atoms with E-state index in [4.69, 9.17) is 0 Å². The van der Waals surface area contributed by atoms with Crippen LogP contribution >= 0.6 is 0 Å². The van der Waals surface area contributed by atoms with E-state index in [-0.39, 0.29) is 11.9 Å². The predicted octanol–water partition coefficient (Wildman–Crippen LogP) is 1.32. The van der Waals surface area contributed by atoms with Gasteiger partial charge in [0.05, 0.1) is 6.20 Å². The number of hydrogen-bond donors (Lipinski definition) is 2. The molecule has 1 aromatic carbocycles. The number of aryl methyl sites for hydroxylation is 1. The fourth-order valence-corrected chi connectivity index (χ4v) is 3.26. The van der Waals surface area contributed by atoms with Crippen molar-refractivity contribution in [2.24, 2.45) is 13.0 Å². The van der Waals surface area contributed by atoms with Crippen LogP contribution in [0.15, 0.2) is 42.7 Å². The normalized spacial score (nSPS) is 18.6. The molecule has 6 heteroatoms. The molecule has 0 saturated carbocycles. The zero-order chi connectivity index (χ0) is 16.9. The molecule has 128 valence electrons. The molecular weight excluding hydrogens is 302 g/mol. The van der Waals surface area contributed by atoms with Crippen LogP contribution in [0.25, 0.3) is 0 Å². The lowest BCUT2D eigenvalue weighted by Crippen LogP contribution is -2.38. The molecule has 2 aromatic rings. The highest BCUT2D eigenvalue weighted by Gasteiger charge is 2.25.